The molecule has 0 spiro atoms. The second-order valence-corrected chi connectivity index (χ2v) is 5.37. The van der Waals surface area contributed by atoms with Crippen LogP contribution in [0, 0.1) is 10.8 Å². The Bertz CT molecular complexity index is 244. The predicted octanol–water partition coefficient (Wildman–Crippen LogP) is -2.32. The summed E-state index contributed by atoms with van der Waals surface area (Å²) in [7, 11) is 0. The van der Waals surface area contributed by atoms with Crippen molar-refractivity contribution in [1.82, 2.24) is 0 Å². The number of hydrogen-bond donors (Lipinski definition) is 6. The third-order valence-electron chi connectivity index (χ3n) is 3.44. The lowest BCUT2D eigenvalue weighted by molar-refractivity contribution is -0.221. The molecule has 128 valence electrons. The molecule has 0 amide bonds. The largest absolute Gasteiger partial charge is 0.396 e. The van der Waals surface area contributed by atoms with E-state index < -0.39 is 50.2 Å². The van der Waals surface area contributed by atoms with E-state index in [1.165, 1.54) is 0 Å². The first-order chi connectivity index (χ1) is 9.99. The van der Waals surface area contributed by atoms with Crippen LogP contribution in [0.15, 0.2) is 0 Å². The Kier molecular flexibility index (Phi) is 10.3. The Morgan fingerprint density at radius 1 is 0.857 bits per heavy atom. The zero-order chi connectivity index (χ0) is 16.4. The minimum Gasteiger partial charge on any atom is -0.396 e. The first-order valence-electron chi connectivity index (χ1n) is 6.91. The molecule has 0 heterocycles. The van der Waals surface area contributed by atoms with Crippen LogP contribution in [-0.4, -0.2) is 89.8 Å². The van der Waals surface area contributed by atoms with Crippen LogP contribution in [0.2, 0.25) is 0 Å². The van der Waals surface area contributed by atoms with Crippen molar-refractivity contribution >= 4 is 0 Å². The summed E-state index contributed by atoms with van der Waals surface area (Å²) in [4.78, 5) is 0. The number of aliphatic hydroxyl groups excluding tert-OH is 6. The molecule has 1 atom stereocenters. The van der Waals surface area contributed by atoms with E-state index in [2.05, 4.69) is 0 Å². The Balaban J connectivity index is 4.63. The predicted molar refractivity (Wildman–Crippen MR) is 73.4 cm³/mol. The summed E-state index contributed by atoms with van der Waals surface area (Å²) in [5, 5.41) is 56.3. The molecule has 0 saturated carbocycles. The third kappa shape index (κ3) is 5.76. The molecule has 0 aliphatic rings. The first kappa shape index (κ1) is 20.7. The molecule has 0 fully saturated rings. The first-order valence-corrected chi connectivity index (χ1v) is 6.91. The van der Waals surface area contributed by atoms with Gasteiger partial charge in [-0.05, 0) is 6.42 Å². The molecule has 0 aromatic carbocycles. The van der Waals surface area contributed by atoms with E-state index in [-0.39, 0.29) is 19.8 Å². The topological polar surface area (TPSA) is 140 Å². The van der Waals surface area contributed by atoms with Gasteiger partial charge in [-0.3, -0.25) is 0 Å². The highest BCUT2D eigenvalue weighted by atomic mass is 16.6. The maximum atomic E-state index is 9.92. The van der Waals surface area contributed by atoms with E-state index in [9.17, 15) is 30.6 Å². The van der Waals surface area contributed by atoms with Crippen molar-refractivity contribution in [1.29, 1.82) is 0 Å². The van der Waals surface area contributed by atoms with E-state index in [4.69, 9.17) is 9.47 Å². The monoisotopic (exact) mass is 312 g/mol. The molecule has 0 aromatic heterocycles. The summed E-state index contributed by atoms with van der Waals surface area (Å²) in [6.07, 6.45) is -0.757. The maximum Gasteiger partial charge on any atom is 0.166 e. The molecule has 0 rings (SSSR count). The molecule has 0 aliphatic carbocycles. The van der Waals surface area contributed by atoms with Crippen molar-refractivity contribution in [3.05, 3.63) is 0 Å². The molecule has 0 bridgehead atoms. The summed E-state index contributed by atoms with van der Waals surface area (Å²) >= 11 is 0. The van der Waals surface area contributed by atoms with Crippen LogP contribution >= 0.6 is 0 Å². The van der Waals surface area contributed by atoms with Gasteiger partial charge in [-0.1, -0.05) is 6.92 Å². The molecular weight excluding hydrogens is 284 g/mol. The van der Waals surface area contributed by atoms with Gasteiger partial charge in [0.1, 0.15) is 0 Å². The number of aliphatic hydroxyl groups is 6. The van der Waals surface area contributed by atoms with Gasteiger partial charge in [-0.25, -0.2) is 0 Å². The summed E-state index contributed by atoms with van der Waals surface area (Å²) in [6, 6.07) is 0. The lowest BCUT2D eigenvalue weighted by Gasteiger charge is -2.35. The Hall–Kier alpha value is -0.320. The molecule has 8 nitrogen and oxygen atoms in total. The highest BCUT2D eigenvalue weighted by Crippen LogP contribution is 2.25. The number of ether oxygens (including phenoxy) is 2. The van der Waals surface area contributed by atoms with E-state index in [1.54, 1.807) is 0 Å². The molecule has 0 radical (unpaired) electrons. The second kappa shape index (κ2) is 10.4. The van der Waals surface area contributed by atoms with Crippen molar-refractivity contribution in [3.8, 4) is 0 Å². The smallest absolute Gasteiger partial charge is 0.166 e. The summed E-state index contributed by atoms with van der Waals surface area (Å²) in [5.41, 5.74) is -2.63. The van der Waals surface area contributed by atoms with Crippen molar-refractivity contribution < 1.29 is 40.1 Å². The van der Waals surface area contributed by atoms with Gasteiger partial charge in [0.25, 0.3) is 0 Å². The number of rotatable bonds is 13. The van der Waals surface area contributed by atoms with Gasteiger partial charge in [0.15, 0.2) is 6.29 Å². The molecule has 21 heavy (non-hydrogen) atoms. The summed E-state index contributed by atoms with van der Waals surface area (Å²) in [6.45, 7) is -0.943. The summed E-state index contributed by atoms with van der Waals surface area (Å²) in [5.74, 6) is 0. The van der Waals surface area contributed by atoms with Crippen molar-refractivity contribution in [2.45, 2.75) is 19.6 Å². The van der Waals surface area contributed by atoms with Gasteiger partial charge >= 0.3 is 0 Å². The highest BCUT2D eigenvalue weighted by Gasteiger charge is 2.39. The van der Waals surface area contributed by atoms with Crippen molar-refractivity contribution in [2.24, 2.45) is 10.8 Å². The van der Waals surface area contributed by atoms with Gasteiger partial charge in [0.2, 0.25) is 0 Å². The molecule has 0 aliphatic heterocycles. The van der Waals surface area contributed by atoms with Gasteiger partial charge in [-0.15, -0.1) is 0 Å². The fourth-order valence-electron chi connectivity index (χ4n) is 1.53. The lowest BCUT2D eigenvalue weighted by atomic mass is 9.89. The molecule has 6 N–H and O–H groups in total. The van der Waals surface area contributed by atoms with E-state index in [0.717, 1.165) is 0 Å². The second-order valence-electron chi connectivity index (χ2n) is 5.37. The van der Waals surface area contributed by atoms with Crippen LogP contribution in [0.4, 0.5) is 0 Å². The van der Waals surface area contributed by atoms with Gasteiger partial charge < -0.3 is 40.1 Å². The highest BCUT2D eigenvalue weighted by molar-refractivity contribution is 4.83. The van der Waals surface area contributed by atoms with Crippen LogP contribution in [0.3, 0.4) is 0 Å². The van der Waals surface area contributed by atoms with E-state index >= 15 is 0 Å². The SMILES string of the molecule is CCCOC(O)C(CO)(CO)COCC(CO)(CO)CO. The normalized spacial score (nSPS) is 14.4. The molecular formula is C13H28O8. The van der Waals surface area contributed by atoms with Crippen molar-refractivity contribution in [3.63, 3.8) is 0 Å². The fourth-order valence-corrected chi connectivity index (χ4v) is 1.53. The average molecular weight is 312 g/mol. The van der Waals surface area contributed by atoms with Gasteiger partial charge in [0.05, 0.1) is 57.1 Å². The Morgan fingerprint density at radius 3 is 1.76 bits per heavy atom. The average Bonchev–Trinajstić information content (AvgIpc) is 2.54. The third-order valence-corrected chi connectivity index (χ3v) is 3.44. The van der Waals surface area contributed by atoms with Crippen LogP contribution in [0.1, 0.15) is 13.3 Å². The maximum absolute atomic E-state index is 9.92. The lowest BCUT2D eigenvalue weighted by Crippen LogP contribution is -2.48. The summed E-state index contributed by atoms with van der Waals surface area (Å²) < 4.78 is 10.4. The molecule has 1 unspecified atom stereocenters. The van der Waals surface area contributed by atoms with Gasteiger partial charge in [-0.2, -0.15) is 0 Å². The minimum absolute atomic E-state index is 0.196. The molecule has 0 aromatic rings. The molecule has 0 saturated heterocycles. The van der Waals surface area contributed by atoms with Crippen LogP contribution in [0.25, 0.3) is 0 Å². The van der Waals surface area contributed by atoms with E-state index in [1.807, 2.05) is 6.92 Å². The van der Waals surface area contributed by atoms with Crippen molar-refractivity contribution in [2.75, 3.05) is 52.9 Å². The van der Waals surface area contributed by atoms with Crippen LogP contribution in [-0.2, 0) is 9.47 Å². The fraction of sp³-hybridized carbons (Fsp3) is 1.00. The van der Waals surface area contributed by atoms with Crippen LogP contribution < -0.4 is 0 Å². The van der Waals surface area contributed by atoms with Gasteiger partial charge in [0, 0.05) is 6.61 Å². The van der Waals surface area contributed by atoms with Crippen LogP contribution in [0.5, 0.6) is 0 Å². The quantitative estimate of drug-likeness (QED) is 0.208. The Labute approximate surface area is 124 Å². The Morgan fingerprint density at radius 2 is 1.38 bits per heavy atom. The molecule has 8 heteroatoms. The van der Waals surface area contributed by atoms with E-state index in [0.29, 0.717) is 6.42 Å². The standard InChI is InChI=1S/C13H28O8/c1-2-3-21-11(19)13(7-17,8-18)10-20-9-12(4-14,5-15)6-16/h11,14-19H,2-10H2,1H3. The minimum atomic E-state index is -1.42. The number of hydrogen-bond acceptors (Lipinski definition) is 8. The zero-order valence-corrected chi connectivity index (χ0v) is 12.4. The zero-order valence-electron chi connectivity index (χ0n) is 12.4.